The van der Waals surface area contributed by atoms with Gasteiger partial charge in [0.2, 0.25) is 0 Å². The molecule has 0 aromatic rings. The minimum atomic E-state index is -0.0407. The van der Waals surface area contributed by atoms with E-state index in [1.54, 1.807) is 6.08 Å². The molecule has 0 spiro atoms. The molecule has 0 N–H and O–H groups in total. The van der Waals surface area contributed by atoms with E-state index in [1.807, 2.05) is 13.0 Å². The van der Waals surface area contributed by atoms with Gasteiger partial charge in [0.25, 0.3) is 0 Å². The topological polar surface area (TPSA) is 26.3 Å². The van der Waals surface area contributed by atoms with E-state index < -0.39 is 0 Å². The number of ether oxygens (including phenoxy) is 1. The van der Waals surface area contributed by atoms with Crippen molar-refractivity contribution in [2.75, 3.05) is 6.61 Å². The lowest BCUT2D eigenvalue weighted by Gasteiger charge is -2.32. The first-order valence-electron chi connectivity index (χ1n) is 4.57. The number of carbonyl (C=O) groups excluding carboxylic acids is 1. The molecule has 1 aliphatic carbocycles. The molecule has 1 unspecified atom stereocenters. The van der Waals surface area contributed by atoms with Gasteiger partial charge in [-0.25, -0.2) is 0 Å². The number of hydrogen-bond donors (Lipinski definition) is 0. The van der Waals surface area contributed by atoms with Crippen LogP contribution in [0.5, 0.6) is 0 Å². The molecule has 0 aromatic heterocycles. The lowest BCUT2D eigenvalue weighted by Crippen LogP contribution is -2.34. The number of ketones is 1. The Morgan fingerprint density at radius 3 is 2.85 bits per heavy atom. The monoisotopic (exact) mass is 178 g/mol. The maximum Gasteiger partial charge on any atom is 0.184 e. The van der Waals surface area contributed by atoms with Gasteiger partial charge in [0.1, 0.15) is 0 Å². The van der Waals surface area contributed by atoms with Crippen molar-refractivity contribution >= 4 is 5.78 Å². The van der Waals surface area contributed by atoms with Gasteiger partial charge in [-0.3, -0.25) is 4.79 Å². The standard InChI is InChI=1S/C11H14O2/c1-7-6-13-10-9(7)8(12)4-5-11(10,2)3/h4-5,10H,6H2,1-3H3. The van der Waals surface area contributed by atoms with E-state index in [0.29, 0.717) is 6.61 Å². The summed E-state index contributed by atoms with van der Waals surface area (Å²) in [6.07, 6.45) is 3.59. The molecule has 2 rings (SSSR count). The summed E-state index contributed by atoms with van der Waals surface area (Å²) in [5.74, 6) is 0.124. The molecule has 70 valence electrons. The van der Waals surface area contributed by atoms with Gasteiger partial charge in [-0.05, 0) is 18.6 Å². The lowest BCUT2D eigenvalue weighted by molar-refractivity contribution is -0.113. The Labute approximate surface area is 78.3 Å². The van der Waals surface area contributed by atoms with Gasteiger partial charge in [-0.2, -0.15) is 0 Å². The number of carbonyl (C=O) groups is 1. The van der Waals surface area contributed by atoms with Gasteiger partial charge in [0.15, 0.2) is 5.78 Å². The van der Waals surface area contributed by atoms with Crippen LogP contribution in [0, 0.1) is 5.41 Å². The Kier molecular flexibility index (Phi) is 1.70. The van der Waals surface area contributed by atoms with Gasteiger partial charge < -0.3 is 4.74 Å². The van der Waals surface area contributed by atoms with E-state index >= 15 is 0 Å². The second kappa shape index (κ2) is 2.55. The van der Waals surface area contributed by atoms with E-state index in [-0.39, 0.29) is 17.3 Å². The number of allylic oxidation sites excluding steroid dienone is 1. The molecule has 0 radical (unpaired) electrons. The smallest absolute Gasteiger partial charge is 0.184 e. The van der Waals surface area contributed by atoms with Crippen molar-refractivity contribution in [1.29, 1.82) is 0 Å². The van der Waals surface area contributed by atoms with Gasteiger partial charge in [0.05, 0.1) is 12.7 Å². The molecule has 0 bridgehead atoms. The summed E-state index contributed by atoms with van der Waals surface area (Å²) in [6.45, 7) is 6.78. The first kappa shape index (κ1) is 8.70. The van der Waals surface area contributed by atoms with Gasteiger partial charge >= 0.3 is 0 Å². The third-order valence-electron chi connectivity index (χ3n) is 2.79. The Bertz CT molecular complexity index is 321. The highest BCUT2D eigenvalue weighted by atomic mass is 16.5. The summed E-state index contributed by atoms with van der Waals surface area (Å²) in [5, 5.41) is 0. The van der Waals surface area contributed by atoms with E-state index in [9.17, 15) is 4.79 Å². The second-order valence-electron chi connectivity index (χ2n) is 4.40. The van der Waals surface area contributed by atoms with Crippen LogP contribution in [0.15, 0.2) is 23.3 Å². The maximum atomic E-state index is 11.5. The van der Waals surface area contributed by atoms with Crippen molar-refractivity contribution in [2.45, 2.75) is 26.9 Å². The highest BCUT2D eigenvalue weighted by Gasteiger charge is 2.41. The van der Waals surface area contributed by atoms with Gasteiger partial charge in [-0.1, -0.05) is 19.9 Å². The maximum absolute atomic E-state index is 11.5. The summed E-state index contributed by atoms with van der Waals surface area (Å²) in [7, 11) is 0. The van der Waals surface area contributed by atoms with Crippen LogP contribution in [0.1, 0.15) is 20.8 Å². The van der Waals surface area contributed by atoms with Crippen LogP contribution in [0.3, 0.4) is 0 Å². The molecular formula is C11H14O2. The minimum Gasteiger partial charge on any atom is -0.368 e. The van der Waals surface area contributed by atoms with Crippen LogP contribution in [0.2, 0.25) is 0 Å². The summed E-state index contributed by atoms with van der Waals surface area (Å²) in [6, 6.07) is 0. The van der Waals surface area contributed by atoms with Gasteiger partial charge in [-0.15, -0.1) is 0 Å². The van der Waals surface area contributed by atoms with Crippen LogP contribution < -0.4 is 0 Å². The van der Waals surface area contributed by atoms with Crippen molar-refractivity contribution in [1.82, 2.24) is 0 Å². The summed E-state index contributed by atoms with van der Waals surface area (Å²) < 4.78 is 5.61. The molecule has 1 aliphatic heterocycles. The van der Waals surface area contributed by atoms with Crippen molar-refractivity contribution in [3.63, 3.8) is 0 Å². The predicted octanol–water partition coefficient (Wildman–Crippen LogP) is 1.87. The summed E-state index contributed by atoms with van der Waals surface area (Å²) >= 11 is 0. The molecule has 13 heavy (non-hydrogen) atoms. The Hall–Kier alpha value is -0.890. The third-order valence-corrected chi connectivity index (χ3v) is 2.79. The van der Waals surface area contributed by atoms with E-state index in [2.05, 4.69) is 13.8 Å². The summed E-state index contributed by atoms with van der Waals surface area (Å²) in [4.78, 5) is 11.5. The van der Waals surface area contributed by atoms with Crippen LogP contribution in [0.25, 0.3) is 0 Å². The lowest BCUT2D eigenvalue weighted by atomic mass is 9.76. The van der Waals surface area contributed by atoms with Crippen molar-refractivity contribution in [3.05, 3.63) is 23.3 Å². The zero-order valence-electron chi connectivity index (χ0n) is 8.26. The zero-order valence-corrected chi connectivity index (χ0v) is 8.26. The fourth-order valence-electron chi connectivity index (χ4n) is 1.99. The third kappa shape index (κ3) is 1.17. The molecule has 0 fully saturated rings. The molecule has 2 aliphatic rings. The second-order valence-corrected chi connectivity index (χ2v) is 4.40. The predicted molar refractivity (Wildman–Crippen MR) is 50.4 cm³/mol. The average molecular weight is 178 g/mol. The first-order chi connectivity index (χ1) is 6.02. The molecule has 1 atom stereocenters. The molecular weight excluding hydrogens is 164 g/mol. The molecule has 0 aromatic carbocycles. The normalized spacial score (nSPS) is 31.0. The quantitative estimate of drug-likeness (QED) is 0.566. The molecule has 2 nitrogen and oxygen atoms in total. The fraction of sp³-hybridized carbons (Fsp3) is 0.545. The minimum absolute atomic E-state index is 0.0231. The van der Waals surface area contributed by atoms with Crippen molar-refractivity contribution < 1.29 is 9.53 Å². The number of hydrogen-bond acceptors (Lipinski definition) is 2. The van der Waals surface area contributed by atoms with E-state index in [0.717, 1.165) is 11.1 Å². The molecule has 0 saturated carbocycles. The fourth-order valence-corrected chi connectivity index (χ4v) is 1.99. The highest BCUT2D eigenvalue weighted by molar-refractivity contribution is 6.06. The average Bonchev–Trinajstić information content (AvgIpc) is 2.42. The van der Waals surface area contributed by atoms with Crippen molar-refractivity contribution in [3.8, 4) is 0 Å². The summed E-state index contributed by atoms with van der Waals surface area (Å²) in [5.41, 5.74) is 1.93. The van der Waals surface area contributed by atoms with Crippen LogP contribution >= 0.6 is 0 Å². The zero-order chi connectivity index (χ0) is 9.64. The largest absolute Gasteiger partial charge is 0.368 e. The Balaban J connectivity index is 2.51. The molecule has 0 saturated heterocycles. The van der Waals surface area contributed by atoms with Crippen LogP contribution in [-0.4, -0.2) is 18.5 Å². The van der Waals surface area contributed by atoms with Crippen LogP contribution in [-0.2, 0) is 9.53 Å². The number of fused-ring (bicyclic) bond motifs is 1. The first-order valence-corrected chi connectivity index (χ1v) is 4.57. The Morgan fingerprint density at radius 1 is 1.54 bits per heavy atom. The SMILES string of the molecule is CC1=C2C(=O)C=CC(C)(C)C2OC1. The highest BCUT2D eigenvalue weighted by Crippen LogP contribution is 2.39. The van der Waals surface area contributed by atoms with E-state index in [1.165, 1.54) is 0 Å². The Morgan fingerprint density at radius 2 is 2.23 bits per heavy atom. The van der Waals surface area contributed by atoms with Gasteiger partial charge in [0, 0.05) is 11.0 Å². The molecule has 2 heteroatoms. The van der Waals surface area contributed by atoms with Crippen LogP contribution in [0.4, 0.5) is 0 Å². The number of rotatable bonds is 0. The molecule has 0 amide bonds. The molecule has 1 heterocycles. The van der Waals surface area contributed by atoms with E-state index in [4.69, 9.17) is 4.74 Å². The van der Waals surface area contributed by atoms with Crippen molar-refractivity contribution in [2.24, 2.45) is 5.41 Å².